The molecule has 0 saturated carbocycles. The van der Waals surface area contributed by atoms with Crippen molar-refractivity contribution in [2.45, 2.75) is 39.2 Å². The van der Waals surface area contributed by atoms with Crippen LogP contribution < -0.4 is 10.1 Å². The molecule has 112 valence electrons. The predicted molar refractivity (Wildman–Crippen MR) is 77.9 cm³/mol. The molecule has 1 saturated heterocycles. The smallest absolute Gasteiger partial charge is 0.160 e. The van der Waals surface area contributed by atoms with E-state index in [9.17, 15) is 0 Å². The van der Waals surface area contributed by atoms with Gasteiger partial charge in [-0.3, -0.25) is 0 Å². The van der Waals surface area contributed by atoms with Gasteiger partial charge in [-0.15, -0.1) is 0 Å². The van der Waals surface area contributed by atoms with E-state index in [4.69, 9.17) is 9.47 Å². The van der Waals surface area contributed by atoms with E-state index in [1.54, 1.807) is 0 Å². The fourth-order valence-corrected chi connectivity index (χ4v) is 2.24. The highest BCUT2D eigenvalue weighted by Crippen LogP contribution is 2.21. The van der Waals surface area contributed by atoms with Gasteiger partial charge in [0.25, 0.3) is 0 Å². The van der Waals surface area contributed by atoms with Gasteiger partial charge in [-0.2, -0.15) is 0 Å². The number of nitrogens with one attached hydrogen (secondary N) is 1. The summed E-state index contributed by atoms with van der Waals surface area (Å²) in [5.74, 6) is 2.58. The monoisotopic (exact) mass is 279 g/mol. The highest BCUT2D eigenvalue weighted by molar-refractivity contribution is 5.25. The zero-order valence-corrected chi connectivity index (χ0v) is 12.7. The molecule has 0 amide bonds. The maximum Gasteiger partial charge on any atom is 0.160 e. The molecule has 0 aromatic carbocycles. The van der Waals surface area contributed by atoms with Crippen molar-refractivity contribution in [1.82, 2.24) is 15.3 Å². The largest absolute Gasteiger partial charge is 0.490 e. The molecule has 5 nitrogen and oxygen atoms in total. The summed E-state index contributed by atoms with van der Waals surface area (Å²) in [4.78, 5) is 9.00. The molecule has 1 aromatic heterocycles. The molecule has 2 rings (SSSR count). The van der Waals surface area contributed by atoms with Crippen LogP contribution in [0.4, 0.5) is 0 Å². The van der Waals surface area contributed by atoms with Crippen molar-refractivity contribution in [3.05, 3.63) is 17.7 Å². The molecular weight excluding hydrogens is 254 g/mol. The second-order valence-corrected chi connectivity index (χ2v) is 5.59. The van der Waals surface area contributed by atoms with Gasteiger partial charge in [0.2, 0.25) is 0 Å². The van der Waals surface area contributed by atoms with Gasteiger partial charge in [-0.25, -0.2) is 9.97 Å². The van der Waals surface area contributed by atoms with E-state index in [-0.39, 0.29) is 0 Å². The summed E-state index contributed by atoms with van der Waals surface area (Å²) in [5.41, 5.74) is 0.943. The Kier molecular flexibility index (Phi) is 5.73. The van der Waals surface area contributed by atoms with Gasteiger partial charge in [0.05, 0.1) is 18.5 Å². The Bertz CT molecular complexity index is 418. The number of aromatic nitrogens is 2. The van der Waals surface area contributed by atoms with Crippen LogP contribution in [-0.2, 0) is 11.3 Å². The normalized spacial score (nSPS) is 16.6. The molecule has 0 unspecified atom stereocenters. The quantitative estimate of drug-likeness (QED) is 0.864. The number of rotatable bonds is 6. The van der Waals surface area contributed by atoms with E-state index in [2.05, 4.69) is 29.1 Å². The summed E-state index contributed by atoms with van der Waals surface area (Å²) < 4.78 is 11.3. The molecule has 2 heterocycles. The maximum atomic E-state index is 5.94. The zero-order valence-electron chi connectivity index (χ0n) is 12.7. The van der Waals surface area contributed by atoms with Gasteiger partial charge in [0.1, 0.15) is 5.82 Å². The van der Waals surface area contributed by atoms with Crippen LogP contribution in [0.15, 0.2) is 6.20 Å². The molecule has 1 N–H and O–H groups in total. The van der Waals surface area contributed by atoms with Crippen molar-refractivity contribution in [1.29, 1.82) is 0 Å². The Labute approximate surface area is 121 Å². The highest BCUT2D eigenvalue weighted by Gasteiger charge is 2.16. The maximum absolute atomic E-state index is 5.94. The third-order valence-electron chi connectivity index (χ3n) is 3.52. The molecule has 5 heteroatoms. The first-order valence-electron chi connectivity index (χ1n) is 7.41. The van der Waals surface area contributed by atoms with Crippen LogP contribution in [0.2, 0.25) is 0 Å². The van der Waals surface area contributed by atoms with Crippen LogP contribution in [0.5, 0.6) is 5.75 Å². The van der Waals surface area contributed by atoms with Gasteiger partial charge in [-0.05, 0) is 25.8 Å². The summed E-state index contributed by atoms with van der Waals surface area (Å²) in [7, 11) is 1.92. The molecule has 20 heavy (non-hydrogen) atoms. The van der Waals surface area contributed by atoms with Crippen LogP contribution in [-0.4, -0.2) is 36.8 Å². The van der Waals surface area contributed by atoms with Gasteiger partial charge in [0, 0.05) is 25.7 Å². The second-order valence-electron chi connectivity index (χ2n) is 5.59. The lowest BCUT2D eigenvalue weighted by molar-refractivity contribution is 0.0494. The molecule has 0 spiro atoms. The van der Waals surface area contributed by atoms with Crippen LogP contribution >= 0.6 is 0 Å². The van der Waals surface area contributed by atoms with Crippen molar-refractivity contribution < 1.29 is 9.47 Å². The topological polar surface area (TPSA) is 56.3 Å². The average Bonchev–Trinajstić information content (AvgIpc) is 2.47. The first-order chi connectivity index (χ1) is 9.70. The fourth-order valence-electron chi connectivity index (χ4n) is 2.24. The number of ether oxygens (including phenoxy) is 2. The second kappa shape index (κ2) is 7.55. The standard InChI is InChI=1S/C15H25N3O2/c1-11(2)15-17-9-14(13(18-15)8-16-3)20-10-12-4-6-19-7-5-12/h9,11-12,16H,4-8,10H2,1-3H3. The summed E-state index contributed by atoms with van der Waals surface area (Å²) >= 11 is 0. The Hall–Kier alpha value is -1.20. The van der Waals surface area contributed by atoms with E-state index < -0.39 is 0 Å². The van der Waals surface area contributed by atoms with E-state index in [1.807, 2.05) is 13.2 Å². The summed E-state index contributed by atoms with van der Waals surface area (Å²) in [5, 5.41) is 3.14. The van der Waals surface area contributed by atoms with Crippen LogP contribution in [0.1, 0.15) is 44.1 Å². The third kappa shape index (κ3) is 4.15. The van der Waals surface area contributed by atoms with Crippen molar-refractivity contribution in [3.63, 3.8) is 0 Å². The minimum Gasteiger partial charge on any atom is -0.490 e. The van der Waals surface area contributed by atoms with Gasteiger partial charge < -0.3 is 14.8 Å². The van der Waals surface area contributed by atoms with Crippen LogP contribution in [0.3, 0.4) is 0 Å². The summed E-state index contributed by atoms with van der Waals surface area (Å²) in [6, 6.07) is 0. The number of hydrogen-bond acceptors (Lipinski definition) is 5. The van der Waals surface area contributed by atoms with Crippen molar-refractivity contribution in [2.75, 3.05) is 26.9 Å². The molecule has 0 bridgehead atoms. The Morgan fingerprint density at radius 2 is 2.15 bits per heavy atom. The molecule has 0 aliphatic carbocycles. The first kappa shape index (κ1) is 15.2. The summed E-state index contributed by atoms with van der Waals surface area (Å²) in [6.45, 7) is 7.32. The van der Waals surface area contributed by atoms with E-state index in [0.717, 1.165) is 49.9 Å². The Morgan fingerprint density at radius 1 is 1.40 bits per heavy atom. The lowest BCUT2D eigenvalue weighted by atomic mass is 10.0. The molecule has 0 radical (unpaired) electrons. The van der Waals surface area contributed by atoms with E-state index >= 15 is 0 Å². The number of hydrogen-bond donors (Lipinski definition) is 1. The fraction of sp³-hybridized carbons (Fsp3) is 0.733. The van der Waals surface area contributed by atoms with Crippen molar-refractivity contribution >= 4 is 0 Å². The van der Waals surface area contributed by atoms with E-state index in [1.165, 1.54) is 0 Å². The van der Waals surface area contributed by atoms with Crippen molar-refractivity contribution in [3.8, 4) is 5.75 Å². The number of nitrogens with zero attached hydrogens (tertiary/aromatic N) is 2. The van der Waals surface area contributed by atoms with Gasteiger partial charge in [0.15, 0.2) is 5.75 Å². The molecule has 1 fully saturated rings. The predicted octanol–water partition coefficient (Wildman–Crippen LogP) is 2.12. The molecule has 1 aliphatic heterocycles. The van der Waals surface area contributed by atoms with E-state index in [0.29, 0.717) is 18.4 Å². The minimum atomic E-state index is 0.329. The molecular formula is C15H25N3O2. The minimum absolute atomic E-state index is 0.329. The molecule has 1 aromatic rings. The van der Waals surface area contributed by atoms with Crippen molar-refractivity contribution in [2.24, 2.45) is 5.92 Å². The third-order valence-corrected chi connectivity index (χ3v) is 3.52. The average molecular weight is 279 g/mol. The lowest BCUT2D eigenvalue weighted by Gasteiger charge is -2.22. The first-order valence-corrected chi connectivity index (χ1v) is 7.41. The Morgan fingerprint density at radius 3 is 2.80 bits per heavy atom. The van der Waals surface area contributed by atoms with Gasteiger partial charge in [-0.1, -0.05) is 13.8 Å². The Balaban J connectivity index is 2.01. The van der Waals surface area contributed by atoms with Crippen LogP contribution in [0, 0.1) is 5.92 Å². The lowest BCUT2D eigenvalue weighted by Crippen LogP contribution is -2.22. The van der Waals surface area contributed by atoms with Gasteiger partial charge >= 0.3 is 0 Å². The van der Waals surface area contributed by atoms with Crippen LogP contribution in [0.25, 0.3) is 0 Å². The summed E-state index contributed by atoms with van der Waals surface area (Å²) in [6.07, 6.45) is 3.97. The molecule has 1 aliphatic rings. The SMILES string of the molecule is CNCc1nc(C(C)C)ncc1OCC1CCOCC1. The zero-order chi connectivity index (χ0) is 14.4. The molecule has 0 atom stereocenters. The highest BCUT2D eigenvalue weighted by atomic mass is 16.5.